The van der Waals surface area contributed by atoms with E-state index < -0.39 is 0 Å². The lowest BCUT2D eigenvalue weighted by Gasteiger charge is -2.25. The Bertz CT molecular complexity index is 341. The van der Waals surface area contributed by atoms with Gasteiger partial charge in [-0.1, -0.05) is 32.0 Å². The highest BCUT2D eigenvalue weighted by atomic mass is 14.9. The van der Waals surface area contributed by atoms with Crippen molar-refractivity contribution in [3.63, 3.8) is 0 Å². The summed E-state index contributed by atoms with van der Waals surface area (Å²) in [6, 6.07) is 7.71. The molecular weight excluding hydrogens is 182 g/mol. The van der Waals surface area contributed by atoms with Crippen LogP contribution in [0, 0.1) is 0 Å². The zero-order valence-corrected chi connectivity index (χ0v) is 10.0. The van der Waals surface area contributed by atoms with Crippen LogP contribution in [0.25, 0.3) is 0 Å². The van der Waals surface area contributed by atoms with E-state index >= 15 is 0 Å². The Morgan fingerprint density at radius 2 is 2.07 bits per heavy atom. The first kappa shape index (κ1) is 10.7. The second-order valence-electron chi connectivity index (χ2n) is 4.91. The van der Waals surface area contributed by atoms with Crippen LogP contribution in [0.2, 0.25) is 0 Å². The number of hydrogen-bond acceptors (Lipinski definition) is 1. The van der Waals surface area contributed by atoms with Crippen LogP contribution in [0.4, 0.5) is 0 Å². The van der Waals surface area contributed by atoms with E-state index in [1.165, 1.54) is 24.8 Å². The number of rotatable bonds is 2. The maximum absolute atomic E-state index is 3.39. The van der Waals surface area contributed by atoms with E-state index in [1.807, 2.05) is 0 Å². The summed E-state index contributed by atoms with van der Waals surface area (Å²) in [5, 5.41) is 3.39. The molecule has 0 aliphatic heterocycles. The largest absolute Gasteiger partial charge is 0.317 e. The molecule has 0 saturated heterocycles. The Balaban J connectivity index is 2.26. The van der Waals surface area contributed by atoms with Crippen LogP contribution in [-0.2, 0) is 12.8 Å². The molecule has 1 aliphatic carbocycles. The van der Waals surface area contributed by atoms with Crippen LogP contribution < -0.4 is 5.32 Å². The molecule has 0 aromatic heterocycles. The van der Waals surface area contributed by atoms with Gasteiger partial charge in [0.15, 0.2) is 0 Å². The molecule has 0 fully saturated rings. The van der Waals surface area contributed by atoms with E-state index in [4.69, 9.17) is 0 Å². The number of aryl methyl sites for hydroxylation is 1. The fourth-order valence-corrected chi connectivity index (χ4v) is 2.38. The molecule has 0 saturated carbocycles. The van der Waals surface area contributed by atoms with Gasteiger partial charge in [-0.15, -0.1) is 0 Å². The van der Waals surface area contributed by atoms with Crippen LogP contribution in [0.5, 0.6) is 0 Å². The van der Waals surface area contributed by atoms with Gasteiger partial charge >= 0.3 is 0 Å². The Labute approximate surface area is 92.9 Å². The SMILES string of the molecule is CNC1CCc2ccc(C(C)C)cc2C1. The highest BCUT2D eigenvalue weighted by molar-refractivity contribution is 5.35. The van der Waals surface area contributed by atoms with E-state index in [1.54, 1.807) is 11.1 Å². The minimum atomic E-state index is 0.644. The van der Waals surface area contributed by atoms with Crippen molar-refractivity contribution in [2.75, 3.05) is 7.05 Å². The third kappa shape index (κ3) is 2.23. The predicted octanol–water partition coefficient (Wildman–Crippen LogP) is 2.89. The van der Waals surface area contributed by atoms with Crippen LogP contribution in [-0.4, -0.2) is 13.1 Å². The van der Waals surface area contributed by atoms with Crippen molar-refractivity contribution in [2.24, 2.45) is 0 Å². The van der Waals surface area contributed by atoms with Gasteiger partial charge in [-0.3, -0.25) is 0 Å². The van der Waals surface area contributed by atoms with Crippen LogP contribution in [0.15, 0.2) is 18.2 Å². The molecule has 1 heteroatoms. The third-order valence-corrected chi connectivity index (χ3v) is 3.53. The van der Waals surface area contributed by atoms with Crippen molar-refractivity contribution in [2.45, 2.75) is 45.1 Å². The minimum absolute atomic E-state index is 0.644. The molecule has 15 heavy (non-hydrogen) atoms. The predicted molar refractivity (Wildman–Crippen MR) is 65.4 cm³/mol. The number of hydrogen-bond donors (Lipinski definition) is 1. The van der Waals surface area contributed by atoms with Gasteiger partial charge in [-0.05, 0) is 48.9 Å². The first-order valence-electron chi connectivity index (χ1n) is 5.99. The number of likely N-dealkylation sites (N-methyl/N-ethyl adjacent to an activating group) is 1. The van der Waals surface area contributed by atoms with E-state index in [-0.39, 0.29) is 0 Å². The summed E-state index contributed by atoms with van der Waals surface area (Å²) >= 11 is 0. The zero-order valence-electron chi connectivity index (χ0n) is 10.0. The molecule has 1 aromatic carbocycles. The van der Waals surface area contributed by atoms with Gasteiger partial charge in [-0.2, -0.15) is 0 Å². The number of fused-ring (bicyclic) bond motifs is 1. The Morgan fingerprint density at radius 1 is 1.27 bits per heavy atom. The van der Waals surface area contributed by atoms with Crippen LogP contribution in [0.1, 0.15) is 42.9 Å². The molecule has 1 aliphatic rings. The van der Waals surface area contributed by atoms with Crippen LogP contribution >= 0.6 is 0 Å². The molecule has 1 aromatic rings. The molecule has 2 rings (SSSR count). The minimum Gasteiger partial charge on any atom is -0.317 e. The highest BCUT2D eigenvalue weighted by Crippen LogP contribution is 2.25. The molecular formula is C14H21N. The van der Waals surface area contributed by atoms with Gasteiger partial charge in [-0.25, -0.2) is 0 Å². The molecule has 1 unspecified atom stereocenters. The fourth-order valence-electron chi connectivity index (χ4n) is 2.38. The summed E-state index contributed by atoms with van der Waals surface area (Å²) < 4.78 is 0. The maximum atomic E-state index is 3.39. The van der Waals surface area contributed by atoms with Crippen LogP contribution in [0.3, 0.4) is 0 Å². The molecule has 1 atom stereocenters. The molecule has 0 radical (unpaired) electrons. The molecule has 1 nitrogen and oxygen atoms in total. The first-order chi connectivity index (χ1) is 7.20. The van der Waals surface area contributed by atoms with Crippen molar-refractivity contribution in [1.82, 2.24) is 5.32 Å². The summed E-state index contributed by atoms with van der Waals surface area (Å²) in [5.41, 5.74) is 4.60. The summed E-state index contributed by atoms with van der Waals surface area (Å²) in [6.45, 7) is 4.53. The van der Waals surface area contributed by atoms with E-state index in [9.17, 15) is 0 Å². The average Bonchev–Trinajstić information content (AvgIpc) is 2.27. The molecule has 0 bridgehead atoms. The van der Waals surface area contributed by atoms with Gasteiger partial charge < -0.3 is 5.32 Å². The second kappa shape index (κ2) is 4.36. The highest BCUT2D eigenvalue weighted by Gasteiger charge is 2.17. The summed E-state index contributed by atoms with van der Waals surface area (Å²) in [6.07, 6.45) is 3.72. The lowest BCUT2D eigenvalue weighted by molar-refractivity contribution is 0.496. The summed E-state index contributed by atoms with van der Waals surface area (Å²) in [4.78, 5) is 0. The fraction of sp³-hybridized carbons (Fsp3) is 0.571. The quantitative estimate of drug-likeness (QED) is 0.779. The van der Waals surface area contributed by atoms with E-state index in [2.05, 4.69) is 44.4 Å². The Kier molecular flexibility index (Phi) is 3.11. The second-order valence-corrected chi connectivity index (χ2v) is 4.91. The van der Waals surface area contributed by atoms with Crippen molar-refractivity contribution >= 4 is 0 Å². The van der Waals surface area contributed by atoms with Crippen molar-refractivity contribution in [3.05, 3.63) is 34.9 Å². The zero-order chi connectivity index (χ0) is 10.8. The standard InChI is InChI=1S/C14H21N/c1-10(2)12-5-4-11-6-7-14(15-3)9-13(11)8-12/h4-5,8,10,14-15H,6-7,9H2,1-3H3. The average molecular weight is 203 g/mol. The topological polar surface area (TPSA) is 12.0 Å². The monoisotopic (exact) mass is 203 g/mol. The lowest BCUT2D eigenvalue weighted by Crippen LogP contribution is -2.31. The van der Waals surface area contributed by atoms with Gasteiger partial charge in [0.25, 0.3) is 0 Å². The summed E-state index contributed by atoms with van der Waals surface area (Å²) in [7, 11) is 2.07. The maximum Gasteiger partial charge on any atom is 0.0108 e. The molecule has 0 spiro atoms. The van der Waals surface area contributed by atoms with Crippen molar-refractivity contribution < 1.29 is 0 Å². The smallest absolute Gasteiger partial charge is 0.0108 e. The number of nitrogens with one attached hydrogen (secondary N) is 1. The molecule has 0 heterocycles. The first-order valence-corrected chi connectivity index (χ1v) is 5.99. The normalized spacial score (nSPS) is 20.4. The van der Waals surface area contributed by atoms with E-state index in [0.717, 1.165) is 0 Å². The molecule has 82 valence electrons. The van der Waals surface area contributed by atoms with Crippen molar-refractivity contribution in [1.29, 1.82) is 0 Å². The summed E-state index contributed by atoms with van der Waals surface area (Å²) in [5.74, 6) is 0.644. The molecule has 1 N–H and O–H groups in total. The number of benzene rings is 1. The third-order valence-electron chi connectivity index (χ3n) is 3.53. The van der Waals surface area contributed by atoms with Gasteiger partial charge in [0, 0.05) is 6.04 Å². The van der Waals surface area contributed by atoms with Gasteiger partial charge in [0.05, 0.1) is 0 Å². The van der Waals surface area contributed by atoms with Gasteiger partial charge in [0.2, 0.25) is 0 Å². The Morgan fingerprint density at radius 3 is 2.73 bits per heavy atom. The van der Waals surface area contributed by atoms with E-state index in [0.29, 0.717) is 12.0 Å². The lowest BCUT2D eigenvalue weighted by atomic mass is 9.86. The molecule has 0 amide bonds. The Hall–Kier alpha value is -0.820. The van der Waals surface area contributed by atoms with Gasteiger partial charge in [0.1, 0.15) is 0 Å². The van der Waals surface area contributed by atoms with Crippen molar-refractivity contribution in [3.8, 4) is 0 Å².